The SMILES string of the molecule is COc1cc2oc(=O)c(C)c(C)c2cc1OCCCN1CCN(c2cccc3cccnc23)CC1. The van der Waals surface area contributed by atoms with Crippen LogP contribution in [0.15, 0.2) is 57.9 Å². The molecule has 35 heavy (non-hydrogen) atoms. The van der Waals surface area contributed by atoms with Crippen LogP contribution in [-0.2, 0) is 0 Å². The number of piperazine rings is 1. The second-order valence-electron chi connectivity index (χ2n) is 9.02. The maximum absolute atomic E-state index is 12.0. The normalized spacial score (nSPS) is 14.5. The van der Waals surface area contributed by atoms with E-state index >= 15 is 0 Å². The molecule has 1 saturated heterocycles. The fraction of sp³-hybridized carbons (Fsp3) is 0.357. The molecule has 0 N–H and O–H groups in total. The summed E-state index contributed by atoms with van der Waals surface area (Å²) < 4.78 is 17.0. The van der Waals surface area contributed by atoms with Gasteiger partial charge in [0.25, 0.3) is 0 Å². The van der Waals surface area contributed by atoms with Crippen molar-refractivity contribution >= 4 is 27.6 Å². The quantitative estimate of drug-likeness (QED) is 0.288. The molecule has 0 bridgehead atoms. The van der Waals surface area contributed by atoms with Crippen LogP contribution >= 0.6 is 0 Å². The first-order chi connectivity index (χ1) is 17.0. The third kappa shape index (κ3) is 4.68. The predicted octanol–water partition coefficient (Wildman–Crippen LogP) is 4.56. The Labute approximate surface area is 204 Å². The van der Waals surface area contributed by atoms with E-state index in [1.165, 1.54) is 11.1 Å². The van der Waals surface area contributed by atoms with Crippen molar-refractivity contribution in [2.45, 2.75) is 20.3 Å². The number of methoxy groups -OCH3 is 1. The molecule has 7 heteroatoms. The summed E-state index contributed by atoms with van der Waals surface area (Å²) >= 11 is 0. The van der Waals surface area contributed by atoms with E-state index in [2.05, 4.69) is 39.0 Å². The van der Waals surface area contributed by atoms with E-state index < -0.39 is 0 Å². The van der Waals surface area contributed by atoms with Gasteiger partial charge in [-0.3, -0.25) is 9.88 Å². The Balaban J connectivity index is 1.17. The topological polar surface area (TPSA) is 68.0 Å². The molecular formula is C28H31N3O4. The summed E-state index contributed by atoms with van der Waals surface area (Å²) in [4.78, 5) is 21.5. The Kier molecular flexibility index (Phi) is 6.59. The number of hydrogen-bond acceptors (Lipinski definition) is 7. The van der Waals surface area contributed by atoms with Crippen LogP contribution in [-0.4, -0.2) is 56.3 Å². The van der Waals surface area contributed by atoms with Crippen LogP contribution in [0.1, 0.15) is 17.5 Å². The number of para-hydroxylation sites is 1. The minimum Gasteiger partial charge on any atom is -0.493 e. The van der Waals surface area contributed by atoms with Gasteiger partial charge in [-0.2, -0.15) is 0 Å². The average molecular weight is 474 g/mol. The number of pyridine rings is 1. The standard InChI is InChI=1S/C28H31N3O4/c1-19-20(2)28(32)35-24-18-25(33-3)26(17-22(19)24)34-16-6-11-30-12-14-31(15-13-30)23-9-4-7-21-8-5-10-29-27(21)23/h4-5,7-10,17-18H,6,11-16H2,1-3H3. The summed E-state index contributed by atoms with van der Waals surface area (Å²) in [5.41, 5.74) is 4.01. The van der Waals surface area contributed by atoms with Crippen LogP contribution in [0.3, 0.4) is 0 Å². The minimum atomic E-state index is -0.317. The molecule has 5 rings (SSSR count). The smallest absolute Gasteiger partial charge is 0.339 e. The number of benzene rings is 2. The van der Waals surface area contributed by atoms with Crippen LogP contribution in [0.25, 0.3) is 21.9 Å². The molecule has 1 aliphatic heterocycles. The van der Waals surface area contributed by atoms with Gasteiger partial charge in [-0.1, -0.05) is 18.2 Å². The van der Waals surface area contributed by atoms with E-state index in [0.717, 1.165) is 55.6 Å². The molecule has 1 aliphatic rings. The molecule has 0 spiro atoms. The molecule has 0 saturated carbocycles. The lowest BCUT2D eigenvalue weighted by molar-refractivity contribution is 0.221. The fourth-order valence-electron chi connectivity index (χ4n) is 4.75. The first-order valence-corrected chi connectivity index (χ1v) is 12.1. The zero-order valence-electron chi connectivity index (χ0n) is 20.5. The van der Waals surface area contributed by atoms with Gasteiger partial charge in [0.2, 0.25) is 0 Å². The molecule has 2 aromatic heterocycles. The number of aryl methyl sites for hydroxylation is 1. The minimum absolute atomic E-state index is 0.317. The molecule has 4 aromatic rings. The number of fused-ring (bicyclic) bond motifs is 2. The van der Waals surface area contributed by atoms with Gasteiger partial charge in [-0.25, -0.2) is 4.79 Å². The Hall–Kier alpha value is -3.58. The van der Waals surface area contributed by atoms with Gasteiger partial charge in [0.15, 0.2) is 11.5 Å². The molecule has 7 nitrogen and oxygen atoms in total. The summed E-state index contributed by atoms with van der Waals surface area (Å²) in [7, 11) is 1.60. The van der Waals surface area contributed by atoms with E-state index in [9.17, 15) is 4.79 Å². The number of rotatable bonds is 7. The molecule has 0 unspecified atom stereocenters. The Bertz CT molecular complexity index is 1400. The molecule has 0 radical (unpaired) electrons. The third-order valence-corrected chi connectivity index (χ3v) is 6.94. The highest BCUT2D eigenvalue weighted by Crippen LogP contribution is 2.34. The van der Waals surface area contributed by atoms with Crippen molar-refractivity contribution in [3.05, 3.63) is 70.2 Å². The van der Waals surface area contributed by atoms with E-state index in [4.69, 9.17) is 13.9 Å². The van der Waals surface area contributed by atoms with Crippen molar-refractivity contribution in [2.24, 2.45) is 0 Å². The lowest BCUT2D eigenvalue weighted by Gasteiger charge is -2.36. The van der Waals surface area contributed by atoms with Crippen molar-refractivity contribution in [1.82, 2.24) is 9.88 Å². The first-order valence-electron chi connectivity index (χ1n) is 12.1. The molecule has 1 fully saturated rings. The zero-order valence-corrected chi connectivity index (χ0v) is 20.5. The summed E-state index contributed by atoms with van der Waals surface area (Å²) in [6, 6.07) is 14.1. The van der Waals surface area contributed by atoms with Gasteiger partial charge in [0, 0.05) is 61.3 Å². The second kappa shape index (κ2) is 9.96. The number of nitrogens with zero attached hydrogens (tertiary/aromatic N) is 3. The Morgan fingerprint density at radius 1 is 1.00 bits per heavy atom. The lowest BCUT2D eigenvalue weighted by atomic mass is 10.1. The predicted molar refractivity (Wildman–Crippen MR) is 139 cm³/mol. The summed E-state index contributed by atoms with van der Waals surface area (Å²) in [6.07, 6.45) is 2.78. The van der Waals surface area contributed by atoms with Gasteiger partial charge in [0.05, 0.1) is 24.9 Å². The van der Waals surface area contributed by atoms with Crippen molar-refractivity contribution in [3.8, 4) is 11.5 Å². The van der Waals surface area contributed by atoms with Crippen LogP contribution in [0, 0.1) is 13.8 Å². The van der Waals surface area contributed by atoms with E-state index in [0.29, 0.717) is 29.3 Å². The molecule has 3 heterocycles. The molecular weight excluding hydrogens is 442 g/mol. The number of aromatic nitrogens is 1. The Morgan fingerprint density at radius 2 is 1.80 bits per heavy atom. The first kappa shape index (κ1) is 23.2. The fourth-order valence-corrected chi connectivity index (χ4v) is 4.75. The zero-order chi connectivity index (χ0) is 24.4. The van der Waals surface area contributed by atoms with Gasteiger partial charge in [-0.15, -0.1) is 0 Å². The van der Waals surface area contributed by atoms with Gasteiger partial charge >= 0.3 is 5.63 Å². The number of ether oxygens (including phenoxy) is 2. The highest BCUT2D eigenvalue weighted by Gasteiger charge is 2.19. The van der Waals surface area contributed by atoms with Gasteiger partial charge < -0.3 is 18.8 Å². The lowest BCUT2D eigenvalue weighted by Crippen LogP contribution is -2.46. The Morgan fingerprint density at radius 3 is 2.60 bits per heavy atom. The van der Waals surface area contributed by atoms with Crippen molar-refractivity contribution < 1.29 is 13.9 Å². The van der Waals surface area contributed by atoms with E-state index in [-0.39, 0.29) is 5.63 Å². The van der Waals surface area contributed by atoms with E-state index in [1.54, 1.807) is 20.1 Å². The molecule has 182 valence electrons. The summed E-state index contributed by atoms with van der Waals surface area (Å²) in [5.74, 6) is 1.24. The molecule has 0 amide bonds. The van der Waals surface area contributed by atoms with Crippen LogP contribution < -0.4 is 20.0 Å². The maximum Gasteiger partial charge on any atom is 0.339 e. The number of hydrogen-bond donors (Lipinski definition) is 0. The highest BCUT2D eigenvalue weighted by molar-refractivity contribution is 5.90. The monoisotopic (exact) mass is 473 g/mol. The van der Waals surface area contributed by atoms with Crippen molar-refractivity contribution in [1.29, 1.82) is 0 Å². The average Bonchev–Trinajstić information content (AvgIpc) is 2.90. The maximum atomic E-state index is 12.0. The van der Waals surface area contributed by atoms with Crippen LogP contribution in [0.4, 0.5) is 5.69 Å². The van der Waals surface area contributed by atoms with Crippen molar-refractivity contribution in [2.75, 3.05) is 51.3 Å². The molecule has 0 aliphatic carbocycles. The molecule has 0 atom stereocenters. The highest BCUT2D eigenvalue weighted by atomic mass is 16.5. The second-order valence-corrected chi connectivity index (χ2v) is 9.02. The van der Waals surface area contributed by atoms with Crippen LogP contribution in [0.5, 0.6) is 11.5 Å². The van der Waals surface area contributed by atoms with Gasteiger partial charge in [-0.05, 0) is 44.0 Å². The van der Waals surface area contributed by atoms with Crippen LogP contribution in [0.2, 0.25) is 0 Å². The summed E-state index contributed by atoms with van der Waals surface area (Å²) in [6.45, 7) is 9.27. The third-order valence-electron chi connectivity index (χ3n) is 6.94. The van der Waals surface area contributed by atoms with Gasteiger partial charge in [0.1, 0.15) is 5.58 Å². The summed E-state index contributed by atoms with van der Waals surface area (Å²) in [5, 5.41) is 2.05. The van der Waals surface area contributed by atoms with Crippen molar-refractivity contribution in [3.63, 3.8) is 0 Å². The molecule has 2 aromatic carbocycles. The number of anilines is 1. The largest absolute Gasteiger partial charge is 0.493 e. The van der Waals surface area contributed by atoms with E-state index in [1.807, 2.05) is 25.3 Å².